The van der Waals surface area contributed by atoms with Crippen LogP contribution in [0.15, 0.2) is 60.7 Å². The van der Waals surface area contributed by atoms with E-state index >= 15 is 0 Å². The molecule has 2 N–H and O–H groups in total. The lowest BCUT2D eigenvalue weighted by Crippen LogP contribution is -2.36. The highest BCUT2D eigenvalue weighted by Gasteiger charge is 2.30. The van der Waals surface area contributed by atoms with Crippen molar-refractivity contribution in [2.24, 2.45) is 11.8 Å². The van der Waals surface area contributed by atoms with Gasteiger partial charge in [-0.05, 0) is 50.3 Å². The summed E-state index contributed by atoms with van der Waals surface area (Å²) in [6.07, 6.45) is 3.05. The molecule has 1 saturated carbocycles. The number of hydrogen-bond acceptors (Lipinski definition) is 2. The summed E-state index contributed by atoms with van der Waals surface area (Å²) in [5.74, 6) is 0.156. The standard InChI is InChI=1S/C22H26N2O2/c1-16(17-8-4-2-5-9-17)23-21(25)18-12-14-19(15-13-18)22(26)24-20-10-6-3-7-11-20/h2-11,16,18-19H,12-15H2,1H3,(H,23,25)(H,24,26). The molecule has 0 saturated heterocycles. The average molecular weight is 350 g/mol. The second-order valence-electron chi connectivity index (χ2n) is 7.04. The Kier molecular flexibility index (Phi) is 6.05. The monoisotopic (exact) mass is 350 g/mol. The Bertz CT molecular complexity index is 722. The summed E-state index contributed by atoms with van der Waals surface area (Å²) in [6.45, 7) is 2.01. The van der Waals surface area contributed by atoms with Gasteiger partial charge in [0.15, 0.2) is 0 Å². The molecule has 0 bridgehead atoms. The van der Waals surface area contributed by atoms with Gasteiger partial charge < -0.3 is 10.6 Å². The van der Waals surface area contributed by atoms with Crippen molar-refractivity contribution in [2.75, 3.05) is 5.32 Å². The second-order valence-corrected chi connectivity index (χ2v) is 7.04. The van der Waals surface area contributed by atoms with E-state index in [-0.39, 0.29) is 29.7 Å². The predicted octanol–water partition coefficient (Wildman–Crippen LogP) is 4.31. The number of carbonyl (C=O) groups excluding carboxylic acids is 2. The molecular formula is C22H26N2O2. The summed E-state index contributed by atoms with van der Waals surface area (Å²) < 4.78 is 0. The van der Waals surface area contributed by atoms with Gasteiger partial charge in [0.05, 0.1) is 6.04 Å². The topological polar surface area (TPSA) is 58.2 Å². The molecule has 0 spiro atoms. The van der Waals surface area contributed by atoms with Gasteiger partial charge in [0, 0.05) is 17.5 Å². The number of amides is 2. The molecule has 136 valence electrons. The van der Waals surface area contributed by atoms with Crippen molar-refractivity contribution in [3.8, 4) is 0 Å². The van der Waals surface area contributed by atoms with Gasteiger partial charge in [-0.1, -0.05) is 48.5 Å². The third-order valence-corrected chi connectivity index (χ3v) is 5.17. The Morgan fingerprint density at radius 2 is 1.31 bits per heavy atom. The van der Waals surface area contributed by atoms with Crippen molar-refractivity contribution in [3.63, 3.8) is 0 Å². The molecule has 0 aromatic heterocycles. The van der Waals surface area contributed by atoms with Crippen LogP contribution in [0.4, 0.5) is 5.69 Å². The molecule has 1 fully saturated rings. The molecule has 1 aliphatic rings. The van der Waals surface area contributed by atoms with E-state index in [0.717, 1.165) is 36.9 Å². The van der Waals surface area contributed by atoms with Crippen LogP contribution in [-0.4, -0.2) is 11.8 Å². The van der Waals surface area contributed by atoms with E-state index in [1.165, 1.54) is 0 Å². The lowest BCUT2D eigenvalue weighted by Gasteiger charge is -2.28. The minimum absolute atomic E-state index is 0.00179. The fourth-order valence-electron chi connectivity index (χ4n) is 3.54. The molecule has 1 aliphatic carbocycles. The molecule has 2 aromatic rings. The fourth-order valence-corrected chi connectivity index (χ4v) is 3.54. The molecule has 0 aliphatic heterocycles. The second kappa shape index (κ2) is 8.65. The average Bonchev–Trinajstić information content (AvgIpc) is 2.69. The molecular weight excluding hydrogens is 324 g/mol. The predicted molar refractivity (Wildman–Crippen MR) is 104 cm³/mol. The van der Waals surface area contributed by atoms with Gasteiger partial charge >= 0.3 is 0 Å². The summed E-state index contributed by atoms with van der Waals surface area (Å²) in [4.78, 5) is 24.9. The van der Waals surface area contributed by atoms with Crippen LogP contribution < -0.4 is 10.6 Å². The maximum Gasteiger partial charge on any atom is 0.227 e. The number of rotatable bonds is 5. The summed E-state index contributed by atoms with van der Waals surface area (Å²) in [7, 11) is 0. The van der Waals surface area contributed by atoms with E-state index in [4.69, 9.17) is 0 Å². The summed E-state index contributed by atoms with van der Waals surface area (Å²) in [5.41, 5.74) is 1.94. The largest absolute Gasteiger partial charge is 0.349 e. The molecule has 2 aromatic carbocycles. The summed E-state index contributed by atoms with van der Waals surface area (Å²) >= 11 is 0. The molecule has 3 rings (SSSR count). The first kappa shape index (κ1) is 18.2. The zero-order valence-electron chi connectivity index (χ0n) is 15.2. The van der Waals surface area contributed by atoms with Gasteiger partial charge in [-0.2, -0.15) is 0 Å². The zero-order chi connectivity index (χ0) is 18.4. The summed E-state index contributed by atoms with van der Waals surface area (Å²) in [5, 5.41) is 6.08. The van der Waals surface area contributed by atoms with Gasteiger partial charge in [-0.25, -0.2) is 0 Å². The van der Waals surface area contributed by atoms with Gasteiger partial charge in [0.25, 0.3) is 0 Å². The van der Waals surface area contributed by atoms with Crippen LogP contribution in [0.1, 0.15) is 44.2 Å². The first-order chi connectivity index (χ1) is 12.6. The maximum atomic E-state index is 12.5. The van der Waals surface area contributed by atoms with Crippen LogP contribution in [-0.2, 0) is 9.59 Å². The molecule has 0 radical (unpaired) electrons. The molecule has 26 heavy (non-hydrogen) atoms. The van der Waals surface area contributed by atoms with Crippen LogP contribution >= 0.6 is 0 Å². The van der Waals surface area contributed by atoms with Gasteiger partial charge in [-0.3, -0.25) is 9.59 Å². The number of carbonyl (C=O) groups is 2. The van der Waals surface area contributed by atoms with E-state index in [0.29, 0.717) is 0 Å². The first-order valence-corrected chi connectivity index (χ1v) is 9.34. The number of benzene rings is 2. The van der Waals surface area contributed by atoms with E-state index in [9.17, 15) is 9.59 Å². The normalized spacial score (nSPS) is 20.8. The highest BCUT2D eigenvalue weighted by Crippen LogP contribution is 2.30. The summed E-state index contributed by atoms with van der Waals surface area (Å²) in [6, 6.07) is 19.5. The lowest BCUT2D eigenvalue weighted by molar-refractivity contribution is -0.129. The maximum absolute atomic E-state index is 12.5. The van der Waals surface area contributed by atoms with Crippen molar-refractivity contribution in [1.29, 1.82) is 0 Å². The van der Waals surface area contributed by atoms with E-state index in [2.05, 4.69) is 10.6 Å². The fraction of sp³-hybridized carbons (Fsp3) is 0.364. The third-order valence-electron chi connectivity index (χ3n) is 5.17. The zero-order valence-corrected chi connectivity index (χ0v) is 15.2. The van der Waals surface area contributed by atoms with Crippen LogP contribution in [0.2, 0.25) is 0 Å². The van der Waals surface area contributed by atoms with E-state index in [1.807, 2.05) is 67.6 Å². The Morgan fingerprint density at radius 3 is 1.88 bits per heavy atom. The SMILES string of the molecule is CC(NC(=O)C1CCC(C(=O)Nc2ccccc2)CC1)c1ccccc1. The van der Waals surface area contributed by atoms with E-state index < -0.39 is 0 Å². The molecule has 4 heteroatoms. The van der Waals surface area contributed by atoms with Crippen molar-refractivity contribution in [2.45, 2.75) is 38.6 Å². The Morgan fingerprint density at radius 1 is 0.808 bits per heavy atom. The number of nitrogens with one attached hydrogen (secondary N) is 2. The Labute approximate surface area is 155 Å². The van der Waals surface area contributed by atoms with Gasteiger partial charge in [0.2, 0.25) is 11.8 Å². The lowest BCUT2D eigenvalue weighted by atomic mass is 9.81. The number of anilines is 1. The van der Waals surface area contributed by atoms with Gasteiger partial charge in [-0.15, -0.1) is 0 Å². The highest BCUT2D eigenvalue weighted by molar-refractivity contribution is 5.92. The van der Waals surface area contributed by atoms with Crippen molar-refractivity contribution in [3.05, 3.63) is 66.2 Å². The highest BCUT2D eigenvalue weighted by atomic mass is 16.2. The molecule has 2 amide bonds. The number of para-hydroxylation sites is 1. The minimum Gasteiger partial charge on any atom is -0.349 e. The third kappa shape index (κ3) is 4.72. The van der Waals surface area contributed by atoms with Crippen LogP contribution in [0.5, 0.6) is 0 Å². The molecule has 1 atom stereocenters. The Balaban J connectivity index is 1.47. The van der Waals surface area contributed by atoms with E-state index in [1.54, 1.807) is 0 Å². The minimum atomic E-state index is -0.00852. The van der Waals surface area contributed by atoms with Crippen LogP contribution in [0.3, 0.4) is 0 Å². The van der Waals surface area contributed by atoms with Crippen LogP contribution in [0.25, 0.3) is 0 Å². The molecule has 1 unspecified atom stereocenters. The first-order valence-electron chi connectivity index (χ1n) is 9.34. The smallest absolute Gasteiger partial charge is 0.227 e. The number of hydrogen-bond donors (Lipinski definition) is 2. The van der Waals surface area contributed by atoms with Gasteiger partial charge in [0.1, 0.15) is 0 Å². The van der Waals surface area contributed by atoms with Crippen molar-refractivity contribution < 1.29 is 9.59 Å². The quantitative estimate of drug-likeness (QED) is 0.844. The molecule has 0 heterocycles. The van der Waals surface area contributed by atoms with Crippen molar-refractivity contribution in [1.82, 2.24) is 5.32 Å². The van der Waals surface area contributed by atoms with Crippen molar-refractivity contribution >= 4 is 17.5 Å². The van der Waals surface area contributed by atoms with Crippen LogP contribution in [0, 0.1) is 11.8 Å². The Hall–Kier alpha value is -2.62. The molecule has 4 nitrogen and oxygen atoms in total.